The van der Waals surface area contributed by atoms with Gasteiger partial charge in [0.2, 0.25) is 0 Å². The maximum absolute atomic E-state index is 13.0. The maximum atomic E-state index is 13.0. The van der Waals surface area contributed by atoms with Crippen LogP contribution in [0.2, 0.25) is 0 Å². The van der Waals surface area contributed by atoms with Crippen molar-refractivity contribution < 1.29 is 14.0 Å². The highest BCUT2D eigenvalue weighted by atomic mass is 32.2. The average Bonchev–Trinajstić information content (AvgIpc) is 3.12. The molecule has 4 rings (SSSR count). The van der Waals surface area contributed by atoms with Gasteiger partial charge in [0.25, 0.3) is 11.1 Å². The first-order chi connectivity index (χ1) is 13.0. The van der Waals surface area contributed by atoms with Crippen LogP contribution in [0.5, 0.6) is 0 Å². The lowest BCUT2D eigenvalue weighted by atomic mass is 10.1. The second kappa shape index (κ2) is 7.00. The second-order valence-electron chi connectivity index (χ2n) is 6.31. The van der Waals surface area contributed by atoms with Crippen LogP contribution in [0.1, 0.15) is 16.7 Å². The van der Waals surface area contributed by atoms with Gasteiger partial charge in [0.05, 0.1) is 4.91 Å². The summed E-state index contributed by atoms with van der Waals surface area (Å²) in [5.74, 6) is -0.286. The minimum atomic E-state index is -0.352. The molecule has 2 aromatic rings. The number of hydrogen-bond acceptors (Lipinski definition) is 4. The Bertz CT molecular complexity index is 971. The van der Waals surface area contributed by atoms with E-state index in [0.717, 1.165) is 22.9 Å². The fourth-order valence-electron chi connectivity index (χ4n) is 3.16. The van der Waals surface area contributed by atoms with Crippen LogP contribution in [0.3, 0.4) is 0 Å². The zero-order chi connectivity index (χ0) is 19.0. The number of imide groups is 1. The van der Waals surface area contributed by atoms with Crippen molar-refractivity contribution in [1.29, 1.82) is 5.41 Å². The number of nitrogens with one attached hydrogen (secondary N) is 1. The Balaban J connectivity index is 1.43. The number of carbonyl (C=O) groups excluding carboxylic acids is 2. The predicted octanol–water partition coefficient (Wildman–Crippen LogP) is 3.70. The summed E-state index contributed by atoms with van der Waals surface area (Å²) < 4.78 is 13.0. The van der Waals surface area contributed by atoms with E-state index in [1.807, 2.05) is 29.2 Å². The highest BCUT2D eigenvalue weighted by molar-refractivity contribution is 8.18. The van der Waals surface area contributed by atoms with Gasteiger partial charge in [0.15, 0.2) is 0 Å². The highest BCUT2D eigenvalue weighted by Crippen LogP contribution is 2.32. The van der Waals surface area contributed by atoms with Crippen molar-refractivity contribution >= 4 is 34.8 Å². The number of thioether (sulfide) groups is 1. The van der Waals surface area contributed by atoms with E-state index in [9.17, 15) is 14.0 Å². The van der Waals surface area contributed by atoms with E-state index in [-0.39, 0.29) is 23.5 Å². The zero-order valence-electron chi connectivity index (χ0n) is 14.3. The van der Waals surface area contributed by atoms with Crippen molar-refractivity contribution in [1.82, 2.24) is 9.80 Å². The maximum Gasteiger partial charge on any atom is 0.293 e. The Labute approximate surface area is 160 Å². The molecule has 2 aliphatic heterocycles. The number of benzene rings is 2. The van der Waals surface area contributed by atoms with Gasteiger partial charge in [-0.05, 0) is 41.1 Å². The molecule has 136 valence electrons. The molecule has 0 unspecified atom stereocenters. The number of fused-ring (bicyclic) bond motifs is 1. The molecule has 0 aromatic heterocycles. The summed E-state index contributed by atoms with van der Waals surface area (Å²) in [6.45, 7) is 1.24. The van der Waals surface area contributed by atoms with Gasteiger partial charge in [-0.15, -0.1) is 0 Å². The summed E-state index contributed by atoms with van der Waals surface area (Å²) in [5.41, 5.74) is 2.63. The molecule has 0 saturated carbocycles. The molecule has 2 aromatic carbocycles. The van der Waals surface area contributed by atoms with Crippen LogP contribution in [0, 0.1) is 11.2 Å². The summed E-state index contributed by atoms with van der Waals surface area (Å²) in [4.78, 5) is 28.2. The van der Waals surface area contributed by atoms with Crippen LogP contribution in [-0.4, -0.2) is 39.9 Å². The first kappa shape index (κ1) is 17.5. The molecule has 1 fully saturated rings. The van der Waals surface area contributed by atoms with Crippen LogP contribution in [-0.2, 0) is 11.3 Å². The number of nitrogens with zero attached hydrogens (tertiary/aromatic N) is 2. The lowest BCUT2D eigenvalue weighted by Gasteiger charge is -2.21. The summed E-state index contributed by atoms with van der Waals surface area (Å²) in [6, 6.07) is 13.5. The van der Waals surface area contributed by atoms with Crippen molar-refractivity contribution in [3.8, 4) is 0 Å². The Morgan fingerprint density at radius 2 is 1.81 bits per heavy atom. The molecule has 5 nitrogen and oxygen atoms in total. The predicted molar refractivity (Wildman–Crippen MR) is 103 cm³/mol. The fraction of sp³-hybridized carbons (Fsp3) is 0.150. The van der Waals surface area contributed by atoms with Gasteiger partial charge in [0.1, 0.15) is 11.7 Å². The van der Waals surface area contributed by atoms with E-state index in [2.05, 4.69) is 0 Å². The molecule has 1 saturated heterocycles. The normalized spacial score (nSPS) is 18.0. The Morgan fingerprint density at radius 1 is 1.07 bits per heavy atom. The molecular formula is C20H16FN3O2S. The fourth-order valence-corrected chi connectivity index (χ4v) is 4.02. The SMILES string of the molecule is N=C1c2ccccc2CN1CCN1C(=O)S/C(=C\c2ccc(F)cc2)C1=O. The van der Waals surface area contributed by atoms with Crippen molar-refractivity contribution in [2.75, 3.05) is 13.1 Å². The van der Waals surface area contributed by atoms with E-state index >= 15 is 0 Å². The van der Waals surface area contributed by atoms with Crippen LogP contribution in [0.25, 0.3) is 6.08 Å². The van der Waals surface area contributed by atoms with Gasteiger partial charge < -0.3 is 4.90 Å². The Morgan fingerprint density at radius 3 is 2.56 bits per heavy atom. The van der Waals surface area contributed by atoms with Crippen LogP contribution < -0.4 is 0 Å². The van der Waals surface area contributed by atoms with E-state index in [1.54, 1.807) is 18.2 Å². The van der Waals surface area contributed by atoms with Gasteiger partial charge in [-0.3, -0.25) is 19.9 Å². The number of halogens is 1. The number of rotatable bonds is 4. The van der Waals surface area contributed by atoms with Gasteiger partial charge in [-0.2, -0.15) is 0 Å². The van der Waals surface area contributed by atoms with E-state index < -0.39 is 0 Å². The molecule has 27 heavy (non-hydrogen) atoms. The summed E-state index contributed by atoms with van der Waals surface area (Å²) >= 11 is 0.884. The highest BCUT2D eigenvalue weighted by Gasteiger charge is 2.35. The zero-order valence-corrected chi connectivity index (χ0v) is 15.1. The standard InChI is InChI=1S/C20H16FN3O2S/c21-15-7-5-13(6-8-15)11-17-19(25)24(20(26)27-17)10-9-23-12-14-3-1-2-4-16(14)18(23)22/h1-8,11,22H,9-10,12H2/b17-11-,22-18?. The lowest BCUT2D eigenvalue weighted by Crippen LogP contribution is -2.37. The third-order valence-corrected chi connectivity index (χ3v) is 5.49. The molecule has 7 heteroatoms. The Hall–Kier alpha value is -2.93. The third-order valence-electron chi connectivity index (χ3n) is 4.58. The van der Waals surface area contributed by atoms with Crippen LogP contribution in [0.15, 0.2) is 53.4 Å². The van der Waals surface area contributed by atoms with Crippen LogP contribution in [0.4, 0.5) is 9.18 Å². The number of amidine groups is 1. The largest absolute Gasteiger partial charge is 0.350 e. The molecule has 0 atom stereocenters. The molecule has 2 heterocycles. The average molecular weight is 381 g/mol. The van der Waals surface area contributed by atoms with E-state index in [0.29, 0.717) is 29.4 Å². The molecule has 0 radical (unpaired) electrons. The van der Waals surface area contributed by atoms with Gasteiger partial charge in [0, 0.05) is 25.2 Å². The van der Waals surface area contributed by atoms with Crippen molar-refractivity contribution in [2.45, 2.75) is 6.54 Å². The summed E-state index contributed by atoms with van der Waals surface area (Å²) in [7, 11) is 0. The lowest BCUT2D eigenvalue weighted by molar-refractivity contribution is -0.122. The minimum Gasteiger partial charge on any atom is -0.350 e. The van der Waals surface area contributed by atoms with Crippen molar-refractivity contribution in [2.24, 2.45) is 0 Å². The van der Waals surface area contributed by atoms with E-state index in [4.69, 9.17) is 5.41 Å². The monoisotopic (exact) mass is 381 g/mol. The van der Waals surface area contributed by atoms with Gasteiger partial charge in [-0.25, -0.2) is 4.39 Å². The molecule has 2 amide bonds. The van der Waals surface area contributed by atoms with E-state index in [1.165, 1.54) is 17.0 Å². The molecule has 0 bridgehead atoms. The second-order valence-corrected chi connectivity index (χ2v) is 7.31. The third kappa shape index (κ3) is 3.38. The van der Waals surface area contributed by atoms with Gasteiger partial charge in [-0.1, -0.05) is 36.4 Å². The molecule has 0 aliphatic carbocycles. The topological polar surface area (TPSA) is 64.5 Å². The molecule has 1 N–H and O–H groups in total. The van der Waals surface area contributed by atoms with Crippen molar-refractivity contribution in [3.63, 3.8) is 0 Å². The first-order valence-corrected chi connectivity index (χ1v) is 9.27. The molecular weight excluding hydrogens is 365 g/mol. The number of carbonyl (C=O) groups is 2. The minimum absolute atomic E-state index is 0.224. The smallest absolute Gasteiger partial charge is 0.293 e. The molecule has 0 spiro atoms. The number of amides is 2. The summed E-state index contributed by atoms with van der Waals surface area (Å²) in [5, 5.41) is 7.94. The van der Waals surface area contributed by atoms with Crippen LogP contribution >= 0.6 is 11.8 Å². The van der Waals surface area contributed by atoms with Crippen molar-refractivity contribution in [3.05, 3.63) is 75.9 Å². The summed E-state index contributed by atoms with van der Waals surface area (Å²) in [6.07, 6.45) is 1.60. The quantitative estimate of drug-likeness (QED) is 0.820. The molecule has 2 aliphatic rings. The first-order valence-electron chi connectivity index (χ1n) is 8.45. The Kier molecular flexibility index (Phi) is 4.53. The van der Waals surface area contributed by atoms with Gasteiger partial charge >= 0.3 is 0 Å². The number of hydrogen-bond donors (Lipinski definition) is 1.